The van der Waals surface area contributed by atoms with E-state index in [0.29, 0.717) is 31.4 Å². The number of nitrogens with zero attached hydrogens (tertiary/aromatic N) is 4. The first kappa shape index (κ1) is 42.2. The van der Waals surface area contributed by atoms with Crippen LogP contribution in [0.1, 0.15) is 99.5 Å². The number of ether oxygens (including phenoxy) is 1. The Kier molecular flexibility index (Phi) is 13.3. The topological polar surface area (TPSA) is 106 Å². The molecule has 4 rings (SSSR count). The third-order valence-corrected chi connectivity index (χ3v) is 21.1. The van der Waals surface area contributed by atoms with Crippen molar-refractivity contribution in [2.45, 2.75) is 136 Å². The molecule has 0 amide bonds. The lowest BCUT2D eigenvalue weighted by molar-refractivity contribution is 0.205. The van der Waals surface area contributed by atoms with Gasteiger partial charge in [0.15, 0.2) is 22.5 Å². The second kappa shape index (κ2) is 16.4. The lowest BCUT2D eigenvalue weighted by Crippen LogP contribution is -2.41. The molecule has 4 aromatic rings. The van der Waals surface area contributed by atoms with Gasteiger partial charge in [-0.2, -0.15) is 5.10 Å². The van der Waals surface area contributed by atoms with E-state index in [1.165, 1.54) is 0 Å². The Morgan fingerprint density at radius 1 is 0.846 bits per heavy atom. The molecule has 2 unspecified atom stereocenters. The third kappa shape index (κ3) is 10.3. The van der Waals surface area contributed by atoms with Gasteiger partial charge in [0.25, 0.3) is 0 Å². The fraction of sp³-hybridized carbons (Fsp3) is 0.575. The molecule has 0 bridgehead atoms. The molecule has 0 radical (unpaired) electrons. The van der Waals surface area contributed by atoms with Crippen LogP contribution >= 0.6 is 0 Å². The molecule has 3 heterocycles. The number of hydrogen-bond donors (Lipinski definition) is 1. The van der Waals surface area contributed by atoms with Crippen molar-refractivity contribution in [3.8, 4) is 22.8 Å². The van der Waals surface area contributed by atoms with E-state index < -0.39 is 32.7 Å². The molecule has 0 spiro atoms. The Morgan fingerprint density at radius 2 is 1.50 bits per heavy atom. The van der Waals surface area contributed by atoms with Gasteiger partial charge in [-0.05, 0) is 99.9 Å². The molecule has 0 aliphatic rings. The monoisotopic (exact) mass is 765 g/mol. The van der Waals surface area contributed by atoms with E-state index >= 15 is 0 Å². The number of hydrogen-bond acceptors (Lipinski definition) is 8. The van der Waals surface area contributed by atoms with E-state index in [1.54, 1.807) is 0 Å². The zero-order chi connectivity index (χ0) is 38.7. The zero-order valence-corrected chi connectivity index (χ0v) is 37.0. The van der Waals surface area contributed by atoms with Crippen molar-refractivity contribution in [1.29, 1.82) is 0 Å². The summed E-state index contributed by atoms with van der Waals surface area (Å²) in [5.74, 6) is 1.41. The highest BCUT2D eigenvalue weighted by molar-refractivity contribution is 7.90. The van der Waals surface area contributed by atoms with Crippen LogP contribution in [0.15, 0.2) is 54.7 Å². The second-order valence-corrected chi connectivity index (χ2v) is 29.4. The maximum Gasteiger partial charge on any atom is 0.192 e. The average Bonchev–Trinajstić information content (AvgIpc) is 3.48. The maximum atomic E-state index is 13.1. The van der Waals surface area contributed by atoms with E-state index in [4.69, 9.17) is 28.7 Å². The highest BCUT2D eigenvalue weighted by Gasteiger charge is 2.38. The van der Waals surface area contributed by atoms with Gasteiger partial charge < -0.3 is 18.1 Å². The van der Waals surface area contributed by atoms with Gasteiger partial charge >= 0.3 is 0 Å². The number of benzene rings is 1. The van der Waals surface area contributed by atoms with Gasteiger partial charge in [0.1, 0.15) is 17.1 Å². The van der Waals surface area contributed by atoms with Gasteiger partial charge in [0, 0.05) is 16.9 Å². The summed E-state index contributed by atoms with van der Waals surface area (Å²) in [6, 6.07) is 16.0. The van der Waals surface area contributed by atoms with Gasteiger partial charge in [-0.25, -0.2) is 9.67 Å². The highest BCUT2D eigenvalue weighted by Crippen LogP contribution is 2.38. The summed E-state index contributed by atoms with van der Waals surface area (Å²) in [6.07, 6.45) is 3.59. The summed E-state index contributed by atoms with van der Waals surface area (Å²) in [4.78, 5) is 10.1. The van der Waals surface area contributed by atoms with Crippen LogP contribution in [-0.2, 0) is 26.8 Å². The normalized spacial score (nSPS) is 14.5. The molecule has 286 valence electrons. The predicted molar refractivity (Wildman–Crippen MR) is 221 cm³/mol. The van der Waals surface area contributed by atoms with Crippen molar-refractivity contribution in [3.05, 3.63) is 66.1 Å². The Morgan fingerprint density at radius 3 is 2.13 bits per heavy atom. The minimum atomic E-state index is -1.96. The number of fused-ring (bicyclic) bond motifs is 1. The van der Waals surface area contributed by atoms with E-state index in [0.717, 1.165) is 46.4 Å². The van der Waals surface area contributed by atoms with Crippen LogP contribution in [0.4, 0.5) is 0 Å². The van der Waals surface area contributed by atoms with E-state index in [1.807, 2.05) is 74.1 Å². The third-order valence-electron chi connectivity index (χ3n) is 10.5. The second-order valence-electron chi connectivity index (χ2n) is 17.7. The Hall–Kier alpha value is -2.59. The molecule has 2 atom stereocenters. The van der Waals surface area contributed by atoms with Crippen LogP contribution in [0.5, 0.6) is 5.75 Å². The predicted octanol–water partition coefficient (Wildman–Crippen LogP) is 10.3. The average molecular weight is 766 g/mol. The van der Waals surface area contributed by atoms with Crippen molar-refractivity contribution in [3.63, 3.8) is 0 Å². The van der Waals surface area contributed by atoms with Gasteiger partial charge in [0.2, 0.25) is 0 Å². The highest BCUT2D eigenvalue weighted by atomic mass is 32.2. The summed E-state index contributed by atoms with van der Waals surface area (Å²) in [5, 5.41) is 5.92. The van der Waals surface area contributed by atoms with Crippen LogP contribution in [0.25, 0.3) is 28.0 Å². The summed E-state index contributed by atoms with van der Waals surface area (Å²) in [5.41, 5.74) is 4.26. The molecule has 3 aromatic heterocycles. The van der Waals surface area contributed by atoms with Gasteiger partial charge in [-0.15, -0.1) is 4.72 Å². The molecule has 1 aromatic carbocycles. The van der Waals surface area contributed by atoms with Gasteiger partial charge in [0.05, 0.1) is 53.4 Å². The number of nitrogens with one attached hydrogen (secondary N) is 1. The van der Waals surface area contributed by atoms with E-state index in [9.17, 15) is 4.55 Å². The quantitative estimate of drug-likeness (QED) is 0.0724. The first-order chi connectivity index (χ1) is 24.0. The minimum absolute atomic E-state index is 0.104. The molecule has 0 fully saturated rings. The van der Waals surface area contributed by atoms with Gasteiger partial charge in [-0.1, -0.05) is 67.0 Å². The summed E-state index contributed by atoms with van der Waals surface area (Å²) >= 11 is -1.24. The van der Waals surface area contributed by atoms with Crippen molar-refractivity contribution < 1.29 is 18.1 Å². The van der Waals surface area contributed by atoms with Gasteiger partial charge in [-0.3, -0.25) is 4.98 Å². The van der Waals surface area contributed by atoms with Crippen molar-refractivity contribution >= 4 is 38.9 Å². The molecule has 0 saturated carbocycles. The zero-order valence-electron chi connectivity index (χ0n) is 34.1. The molecule has 0 aliphatic carbocycles. The van der Waals surface area contributed by atoms with E-state index in [2.05, 4.69) is 85.4 Å². The maximum absolute atomic E-state index is 13.1. The molecule has 12 heteroatoms. The molecule has 1 N–H and O–H groups in total. The first-order valence-corrected chi connectivity index (χ1v) is 25.5. The molecule has 52 heavy (non-hydrogen) atoms. The smallest absolute Gasteiger partial charge is 0.192 e. The lowest BCUT2D eigenvalue weighted by Gasteiger charge is -2.36. The van der Waals surface area contributed by atoms with Crippen molar-refractivity contribution in [2.24, 2.45) is 0 Å². The molecule has 9 nitrogen and oxygen atoms in total. The summed E-state index contributed by atoms with van der Waals surface area (Å²) in [7, 11) is -3.89. The fourth-order valence-electron chi connectivity index (χ4n) is 5.01. The lowest BCUT2D eigenvalue weighted by atomic mass is 10.1. The van der Waals surface area contributed by atoms with Crippen LogP contribution in [-0.4, -0.2) is 58.9 Å². The standard InChI is InChI=1S/C40H63N5O4SSi2/c1-15-18-34(44-50(46)38(2,3)4)33-21-17-20-32(43-33)29-25-35-31(36(26-29)47-23-24-48-51(11,12)39(5,6)7)27-41-45(35)37-22-16-19-30(42-37)28-49-52(13,14)40(8,9)10/h16-17,19-22,25-27,34,44H,15,18,23-24,28H2,1-14H3. The molecule has 0 aliphatic heterocycles. The largest absolute Gasteiger partial charge is 0.598 e. The van der Waals surface area contributed by atoms with Crippen LogP contribution in [0.3, 0.4) is 0 Å². The Labute approximate surface area is 318 Å². The minimum Gasteiger partial charge on any atom is -0.598 e. The first-order valence-electron chi connectivity index (χ1n) is 18.6. The number of pyridine rings is 2. The Balaban J connectivity index is 1.75. The summed E-state index contributed by atoms with van der Waals surface area (Å²) in [6.45, 7) is 31.9. The molecular weight excluding hydrogens is 703 g/mol. The van der Waals surface area contributed by atoms with E-state index in [-0.39, 0.29) is 16.1 Å². The molecular formula is C40H63N5O4SSi2. The fourth-order valence-corrected chi connectivity index (χ4v) is 7.83. The Bertz CT molecular complexity index is 1790. The van der Waals surface area contributed by atoms with Crippen LogP contribution in [0.2, 0.25) is 36.3 Å². The van der Waals surface area contributed by atoms with Crippen LogP contribution < -0.4 is 9.46 Å². The van der Waals surface area contributed by atoms with Crippen LogP contribution in [0, 0.1) is 0 Å². The molecule has 0 saturated heterocycles. The summed E-state index contributed by atoms with van der Waals surface area (Å²) < 4.78 is 37.4. The number of aromatic nitrogens is 4. The SMILES string of the molecule is CCCC(N[S+]([O-])C(C)(C)C)c1cccc(-c2cc(OCCO[Si](C)(C)C(C)(C)C)c3cnn(-c4cccc(CO[Si](C)(C)C(C)(C)C)n4)c3c2)n1. The van der Waals surface area contributed by atoms with Crippen molar-refractivity contribution in [1.82, 2.24) is 24.5 Å². The number of rotatable bonds is 15. The van der Waals surface area contributed by atoms with Crippen molar-refractivity contribution in [2.75, 3.05) is 13.2 Å².